The van der Waals surface area contributed by atoms with Crippen molar-refractivity contribution in [2.75, 3.05) is 26.2 Å². The molecule has 0 radical (unpaired) electrons. The van der Waals surface area contributed by atoms with Crippen LogP contribution in [-0.2, 0) is 11.2 Å². The summed E-state index contributed by atoms with van der Waals surface area (Å²) in [5.74, 6) is 0.760. The van der Waals surface area contributed by atoms with E-state index in [1.807, 2.05) is 24.3 Å². The van der Waals surface area contributed by atoms with E-state index in [0.29, 0.717) is 26.2 Å². The number of morpholine rings is 1. The van der Waals surface area contributed by atoms with Gasteiger partial charge in [0.2, 0.25) is 0 Å². The van der Waals surface area contributed by atoms with Gasteiger partial charge in [-0.05, 0) is 29.7 Å². The van der Waals surface area contributed by atoms with Crippen molar-refractivity contribution in [2.24, 2.45) is 0 Å². The topological polar surface area (TPSA) is 70.5 Å². The summed E-state index contributed by atoms with van der Waals surface area (Å²) in [6.07, 6.45) is 2.20. The quantitative estimate of drug-likeness (QED) is 0.767. The van der Waals surface area contributed by atoms with Gasteiger partial charge < -0.3 is 24.4 Å². The third-order valence-electron chi connectivity index (χ3n) is 4.47. The number of benzene rings is 1. The first-order valence-electron chi connectivity index (χ1n) is 8.54. The van der Waals surface area contributed by atoms with Crippen molar-refractivity contribution in [1.29, 1.82) is 0 Å². The molecule has 0 bridgehead atoms. The molecule has 2 amide bonds. The number of amides is 2. The highest BCUT2D eigenvalue weighted by Crippen LogP contribution is 2.22. The van der Waals surface area contributed by atoms with E-state index >= 15 is 0 Å². The summed E-state index contributed by atoms with van der Waals surface area (Å²) in [4.78, 5) is 17.6. The Hall–Kier alpha value is -2.73. The summed E-state index contributed by atoms with van der Waals surface area (Å²) >= 11 is 0. The Morgan fingerprint density at radius 3 is 3.04 bits per heavy atom. The van der Waals surface area contributed by atoms with E-state index in [1.54, 1.807) is 11.2 Å². The predicted molar refractivity (Wildman–Crippen MR) is 94.4 cm³/mol. The second-order valence-corrected chi connectivity index (χ2v) is 6.18. The van der Waals surface area contributed by atoms with Crippen LogP contribution in [-0.4, -0.2) is 42.2 Å². The van der Waals surface area contributed by atoms with Crippen molar-refractivity contribution in [3.8, 4) is 0 Å². The maximum absolute atomic E-state index is 12.4. The summed E-state index contributed by atoms with van der Waals surface area (Å²) in [7, 11) is 0. The van der Waals surface area contributed by atoms with E-state index in [-0.39, 0.29) is 12.1 Å². The van der Waals surface area contributed by atoms with E-state index in [2.05, 4.69) is 28.5 Å². The Kier molecular flexibility index (Phi) is 4.43. The highest BCUT2D eigenvalue weighted by molar-refractivity contribution is 5.80. The molecule has 2 aromatic heterocycles. The Bertz CT molecular complexity index is 808. The van der Waals surface area contributed by atoms with Gasteiger partial charge >= 0.3 is 6.03 Å². The molecule has 3 aromatic rings. The van der Waals surface area contributed by atoms with Crippen LogP contribution in [0.1, 0.15) is 17.6 Å². The first kappa shape index (κ1) is 15.8. The first-order valence-corrected chi connectivity index (χ1v) is 8.54. The maximum atomic E-state index is 12.4. The molecule has 130 valence electrons. The number of hydrogen-bond donors (Lipinski definition) is 2. The average Bonchev–Trinajstić information content (AvgIpc) is 3.31. The Morgan fingerprint density at radius 1 is 1.28 bits per heavy atom. The van der Waals surface area contributed by atoms with Crippen LogP contribution in [0, 0.1) is 0 Å². The summed E-state index contributed by atoms with van der Waals surface area (Å²) in [6.45, 7) is 2.20. The number of para-hydroxylation sites is 1. The lowest BCUT2D eigenvalue weighted by atomic mass is 10.2. The fourth-order valence-corrected chi connectivity index (χ4v) is 3.16. The van der Waals surface area contributed by atoms with Crippen LogP contribution < -0.4 is 5.32 Å². The minimum absolute atomic E-state index is 0.0593. The summed E-state index contributed by atoms with van der Waals surface area (Å²) in [5, 5.41) is 4.18. The Balaban J connectivity index is 1.29. The molecule has 1 aliphatic rings. The van der Waals surface area contributed by atoms with Gasteiger partial charge in [-0.2, -0.15) is 0 Å². The SMILES string of the molecule is O=C(NCCc1cc2ccccc2[nH]1)N1CCOC(c2ccco2)C1. The van der Waals surface area contributed by atoms with Crippen LogP contribution in [0.2, 0.25) is 0 Å². The van der Waals surface area contributed by atoms with E-state index in [1.165, 1.54) is 5.39 Å². The number of carbonyl (C=O) groups is 1. The number of hydrogen-bond acceptors (Lipinski definition) is 3. The molecule has 6 heteroatoms. The fraction of sp³-hybridized carbons (Fsp3) is 0.316. The number of H-pyrrole nitrogens is 1. The smallest absolute Gasteiger partial charge is 0.317 e. The predicted octanol–water partition coefficient (Wildman–Crippen LogP) is 3.09. The molecule has 25 heavy (non-hydrogen) atoms. The number of furan rings is 1. The zero-order valence-electron chi connectivity index (χ0n) is 13.9. The minimum Gasteiger partial charge on any atom is -0.467 e. The van der Waals surface area contributed by atoms with Gasteiger partial charge in [-0.25, -0.2) is 4.79 Å². The third kappa shape index (κ3) is 3.53. The van der Waals surface area contributed by atoms with Gasteiger partial charge in [0.05, 0.1) is 19.4 Å². The summed E-state index contributed by atoms with van der Waals surface area (Å²) in [6, 6.07) is 13.9. The van der Waals surface area contributed by atoms with Crippen molar-refractivity contribution >= 4 is 16.9 Å². The number of nitrogens with one attached hydrogen (secondary N) is 2. The molecule has 1 unspecified atom stereocenters. The standard InChI is InChI=1S/C19H21N3O3/c23-19(22-9-11-25-18(13-22)17-6-3-10-24-17)20-8-7-15-12-14-4-1-2-5-16(14)21-15/h1-6,10,12,18,21H,7-9,11,13H2,(H,20,23). The highest BCUT2D eigenvalue weighted by atomic mass is 16.5. The number of fused-ring (bicyclic) bond motifs is 1. The van der Waals surface area contributed by atoms with Gasteiger partial charge in [0.25, 0.3) is 0 Å². The van der Waals surface area contributed by atoms with Crippen molar-refractivity contribution < 1.29 is 13.9 Å². The number of carbonyl (C=O) groups excluding carboxylic acids is 1. The van der Waals surface area contributed by atoms with Gasteiger partial charge in [-0.1, -0.05) is 18.2 Å². The zero-order valence-corrected chi connectivity index (χ0v) is 13.9. The van der Waals surface area contributed by atoms with E-state index in [9.17, 15) is 4.79 Å². The van der Waals surface area contributed by atoms with Crippen molar-refractivity contribution in [2.45, 2.75) is 12.5 Å². The third-order valence-corrected chi connectivity index (χ3v) is 4.47. The number of nitrogens with zero attached hydrogens (tertiary/aromatic N) is 1. The molecule has 0 spiro atoms. The van der Waals surface area contributed by atoms with Gasteiger partial charge in [-0.15, -0.1) is 0 Å². The van der Waals surface area contributed by atoms with Gasteiger partial charge in [-0.3, -0.25) is 0 Å². The number of aromatic nitrogens is 1. The molecule has 0 saturated carbocycles. The van der Waals surface area contributed by atoms with Crippen molar-refractivity contribution in [3.05, 3.63) is 60.2 Å². The molecular formula is C19H21N3O3. The van der Waals surface area contributed by atoms with Gasteiger partial charge in [0, 0.05) is 30.7 Å². The monoisotopic (exact) mass is 339 g/mol. The molecular weight excluding hydrogens is 318 g/mol. The number of ether oxygens (including phenoxy) is 1. The largest absolute Gasteiger partial charge is 0.467 e. The lowest BCUT2D eigenvalue weighted by Gasteiger charge is -2.32. The van der Waals surface area contributed by atoms with E-state index in [4.69, 9.17) is 9.15 Å². The van der Waals surface area contributed by atoms with Crippen LogP contribution in [0.15, 0.2) is 53.1 Å². The molecule has 1 aromatic carbocycles. The molecule has 1 fully saturated rings. The minimum atomic E-state index is -0.191. The Labute approximate surface area is 145 Å². The van der Waals surface area contributed by atoms with Crippen molar-refractivity contribution in [3.63, 3.8) is 0 Å². The lowest BCUT2D eigenvalue weighted by molar-refractivity contribution is -0.0260. The van der Waals surface area contributed by atoms with Crippen LogP contribution in [0.4, 0.5) is 4.79 Å². The first-order chi connectivity index (χ1) is 12.3. The molecule has 2 N–H and O–H groups in total. The fourth-order valence-electron chi connectivity index (χ4n) is 3.16. The maximum Gasteiger partial charge on any atom is 0.317 e. The molecule has 3 heterocycles. The second-order valence-electron chi connectivity index (χ2n) is 6.18. The number of rotatable bonds is 4. The van der Waals surface area contributed by atoms with E-state index < -0.39 is 0 Å². The van der Waals surface area contributed by atoms with Crippen LogP contribution in [0.3, 0.4) is 0 Å². The van der Waals surface area contributed by atoms with Gasteiger partial charge in [0.15, 0.2) is 0 Å². The molecule has 6 nitrogen and oxygen atoms in total. The van der Waals surface area contributed by atoms with Gasteiger partial charge in [0.1, 0.15) is 11.9 Å². The van der Waals surface area contributed by atoms with Crippen LogP contribution in [0.25, 0.3) is 10.9 Å². The number of aromatic amines is 1. The molecule has 1 saturated heterocycles. The van der Waals surface area contributed by atoms with Crippen LogP contribution >= 0.6 is 0 Å². The van der Waals surface area contributed by atoms with Crippen LogP contribution in [0.5, 0.6) is 0 Å². The lowest BCUT2D eigenvalue weighted by Crippen LogP contribution is -2.47. The summed E-state index contributed by atoms with van der Waals surface area (Å²) < 4.78 is 11.1. The zero-order chi connectivity index (χ0) is 17.1. The average molecular weight is 339 g/mol. The summed E-state index contributed by atoms with van der Waals surface area (Å²) in [5.41, 5.74) is 2.25. The molecule has 0 aliphatic carbocycles. The molecule has 1 aliphatic heterocycles. The highest BCUT2D eigenvalue weighted by Gasteiger charge is 2.26. The van der Waals surface area contributed by atoms with E-state index in [0.717, 1.165) is 23.4 Å². The van der Waals surface area contributed by atoms with Crippen molar-refractivity contribution in [1.82, 2.24) is 15.2 Å². The molecule has 1 atom stereocenters. The molecule has 4 rings (SSSR count). The normalized spacial score (nSPS) is 17.8. The Morgan fingerprint density at radius 2 is 2.20 bits per heavy atom. The number of urea groups is 1. The second kappa shape index (κ2) is 7.03.